The molecule has 1 fully saturated rings. The highest BCUT2D eigenvalue weighted by Crippen LogP contribution is 2.26. The van der Waals surface area contributed by atoms with Gasteiger partial charge in [0.1, 0.15) is 6.54 Å². The predicted molar refractivity (Wildman–Crippen MR) is 81.5 cm³/mol. The Morgan fingerprint density at radius 2 is 2.12 bits per heavy atom. The minimum Gasteiger partial charge on any atom is -0.469 e. The Hall–Kier alpha value is -2.97. The first-order chi connectivity index (χ1) is 11.4. The molecule has 9 heteroatoms. The van der Waals surface area contributed by atoms with E-state index in [1.165, 1.54) is 20.2 Å². The molecule has 1 aromatic rings. The topological polar surface area (TPSA) is 118 Å². The molecule has 1 aliphatic rings. The standard InChI is InChI=1S/C15H18N4O5/c1-15(10-5-3-4-7-16-10)13(22)19(14(23)18-15)9-11(20)17-8-6-12(21)24-2/h3-5,7H,6,8-9H2,1-2H3,(H,17,20)(H,18,23). The summed E-state index contributed by atoms with van der Waals surface area (Å²) in [5.74, 6) is -1.57. The van der Waals surface area contributed by atoms with E-state index in [1.807, 2.05) is 0 Å². The summed E-state index contributed by atoms with van der Waals surface area (Å²) in [6, 6.07) is 4.35. The molecule has 0 saturated carbocycles. The van der Waals surface area contributed by atoms with Crippen LogP contribution in [0.1, 0.15) is 19.0 Å². The highest BCUT2D eigenvalue weighted by atomic mass is 16.5. The van der Waals surface area contributed by atoms with Gasteiger partial charge in [-0.15, -0.1) is 0 Å². The van der Waals surface area contributed by atoms with Gasteiger partial charge in [0.05, 0.1) is 19.2 Å². The number of aromatic nitrogens is 1. The monoisotopic (exact) mass is 334 g/mol. The van der Waals surface area contributed by atoms with E-state index in [0.717, 1.165) is 4.90 Å². The molecular formula is C15H18N4O5. The molecule has 1 atom stereocenters. The Balaban J connectivity index is 1.99. The van der Waals surface area contributed by atoms with E-state index in [9.17, 15) is 19.2 Å². The van der Waals surface area contributed by atoms with Crippen molar-refractivity contribution in [3.05, 3.63) is 30.1 Å². The predicted octanol–water partition coefficient (Wildman–Crippen LogP) is -0.472. The van der Waals surface area contributed by atoms with Crippen LogP contribution in [-0.4, -0.2) is 53.9 Å². The molecule has 0 spiro atoms. The number of hydrogen-bond acceptors (Lipinski definition) is 6. The fraction of sp³-hybridized carbons (Fsp3) is 0.400. The fourth-order valence-corrected chi connectivity index (χ4v) is 2.28. The van der Waals surface area contributed by atoms with Gasteiger partial charge < -0.3 is 15.4 Å². The second-order valence-corrected chi connectivity index (χ2v) is 5.34. The summed E-state index contributed by atoms with van der Waals surface area (Å²) in [6.07, 6.45) is 1.52. The van der Waals surface area contributed by atoms with Crippen molar-refractivity contribution in [3.8, 4) is 0 Å². The van der Waals surface area contributed by atoms with Crippen molar-refractivity contribution >= 4 is 23.8 Å². The van der Waals surface area contributed by atoms with E-state index >= 15 is 0 Å². The second-order valence-electron chi connectivity index (χ2n) is 5.34. The van der Waals surface area contributed by atoms with Crippen molar-refractivity contribution in [1.29, 1.82) is 0 Å². The Morgan fingerprint density at radius 3 is 2.75 bits per heavy atom. The summed E-state index contributed by atoms with van der Waals surface area (Å²) >= 11 is 0. The lowest BCUT2D eigenvalue weighted by Crippen LogP contribution is -2.43. The molecule has 4 amide bonds. The third-order valence-corrected chi connectivity index (χ3v) is 3.63. The summed E-state index contributed by atoms with van der Waals surface area (Å²) in [7, 11) is 1.25. The average Bonchev–Trinajstić information content (AvgIpc) is 2.79. The SMILES string of the molecule is COC(=O)CCNC(=O)CN1C(=O)NC(C)(c2ccccn2)C1=O. The van der Waals surface area contributed by atoms with E-state index in [2.05, 4.69) is 20.4 Å². The number of carbonyl (C=O) groups excluding carboxylic acids is 4. The fourth-order valence-electron chi connectivity index (χ4n) is 2.28. The summed E-state index contributed by atoms with van der Waals surface area (Å²) in [5.41, 5.74) is -0.929. The Morgan fingerprint density at radius 1 is 1.38 bits per heavy atom. The van der Waals surface area contributed by atoms with E-state index in [-0.39, 0.29) is 13.0 Å². The molecule has 1 unspecified atom stereocenters. The van der Waals surface area contributed by atoms with Gasteiger partial charge in [0.2, 0.25) is 5.91 Å². The van der Waals surface area contributed by atoms with Crippen molar-refractivity contribution in [2.45, 2.75) is 18.9 Å². The van der Waals surface area contributed by atoms with Crippen molar-refractivity contribution in [3.63, 3.8) is 0 Å². The van der Waals surface area contributed by atoms with Gasteiger partial charge in [-0.25, -0.2) is 4.79 Å². The number of rotatable bonds is 6. The molecule has 2 heterocycles. The van der Waals surface area contributed by atoms with Crippen molar-refractivity contribution < 1.29 is 23.9 Å². The number of methoxy groups -OCH3 is 1. The van der Waals surface area contributed by atoms with Gasteiger partial charge in [0.25, 0.3) is 5.91 Å². The van der Waals surface area contributed by atoms with Gasteiger partial charge in [-0.1, -0.05) is 6.07 Å². The minimum atomic E-state index is -1.31. The maximum absolute atomic E-state index is 12.6. The second kappa shape index (κ2) is 7.07. The van der Waals surface area contributed by atoms with E-state index in [0.29, 0.717) is 5.69 Å². The lowest BCUT2D eigenvalue weighted by molar-refractivity contribution is -0.140. The number of hydrogen-bond donors (Lipinski definition) is 2. The third-order valence-electron chi connectivity index (χ3n) is 3.63. The lowest BCUT2D eigenvalue weighted by atomic mass is 9.97. The molecule has 9 nitrogen and oxygen atoms in total. The molecule has 1 aromatic heterocycles. The van der Waals surface area contributed by atoms with Crippen LogP contribution in [-0.2, 0) is 24.7 Å². The normalized spacial score (nSPS) is 19.8. The van der Waals surface area contributed by atoms with Crippen LogP contribution in [0.4, 0.5) is 4.79 Å². The largest absolute Gasteiger partial charge is 0.469 e. The smallest absolute Gasteiger partial charge is 0.325 e. The number of nitrogens with one attached hydrogen (secondary N) is 2. The van der Waals surface area contributed by atoms with Crippen LogP contribution in [0.15, 0.2) is 24.4 Å². The number of imide groups is 1. The van der Waals surface area contributed by atoms with Crippen molar-refractivity contribution in [2.75, 3.05) is 20.2 Å². The van der Waals surface area contributed by atoms with E-state index < -0.39 is 35.9 Å². The molecule has 0 aromatic carbocycles. The van der Waals surface area contributed by atoms with Crippen LogP contribution >= 0.6 is 0 Å². The zero-order valence-corrected chi connectivity index (χ0v) is 13.4. The zero-order valence-electron chi connectivity index (χ0n) is 13.4. The van der Waals surface area contributed by atoms with Crippen LogP contribution in [0.25, 0.3) is 0 Å². The van der Waals surface area contributed by atoms with Crippen LogP contribution in [0, 0.1) is 0 Å². The first-order valence-electron chi connectivity index (χ1n) is 7.27. The quantitative estimate of drug-likeness (QED) is 0.536. The summed E-state index contributed by atoms with van der Waals surface area (Å²) in [6.45, 7) is 1.16. The number of pyridine rings is 1. The number of ether oxygens (including phenoxy) is 1. The number of esters is 1. The van der Waals surface area contributed by atoms with Gasteiger partial charge in [0.15, 0.2) is 5.54 Å². The highest BCUT2D eigenvalue weighted by molar-refractivity contribution is 6.08. The molecule has 2 N–H and O–H groups in total. The summed E-state index contributed by atoms with van der Waals surface area (Å²) < 4.78 is 4.45. The van der Waals surface area contributed by atoms with Gasteiger partial charge in [-0.3, -0.25) is 24.3 Å². The van der Waals surface area contributed by atoms with Crippen LogP contribution < -0.4 is 10.6 Å². The number of carbonyl (C=O) groups is 4. The minimum absolute atomic E-state index is 0.00797. The third kappa shape index (κ3) is 3.50. The molecule has 1 saturated heterocycles. The lowest BCUT2D eigenvalue weighted by Gasteiger charge is -2.20. The maximum Gasteiger partial charge on any atom is 0.325 e. The van der Waals surface area contributed by atoms with Gasteiger partial charge in [-0.05, 0) is 19.1 Å². The maximum atomic E-state index is 12.6. The van der Waals surface area contributed by atoms with Gasteiger partial charge in [-0.2, -0.15) is 0 Å². The first kappa shape index (κ1) is 17.4. The van der Waals surface area contributed by atoms with E-state index in [1.54, 1.807) is 18.2 Å². The molecule has 0 radical (unpaired) electrons. The first-order valence-corrected chi connectivity index (χ1v) is 7.27. The zero-order chi connectivity index (χ0) is 17.7. The number of amides is 4. The molecule has 1 aliphatic heterocycles. The Labute approximate surface area is 138 Å². The number of urea groups is 1. The molecule has 2 rings (SSSR count). The van der Waals surface area contributed by atoms with Crippen molar-refractivity contribution in [1.82, 2.24) is 20.5 Å². The van der Waals surface area contributed by atoms with Gasteiger partial charge >= 0.3 is 12.0 Å². The van der Waals surface area contributed by atoms with Crippen LogP contribution in [0.3, 0.4) is 0 Å². The Bertz CT molecular complexity index is 663. The van der Waals surface area contributed by atoms with E-state index in [4.69, 9.17) is 0 Å². The van der Waals surface area contributed by atoms with Crippen molar-refractivity contribution in [2.24, 2.45) is 0 Å². The molecule has 0 bridgehead atoms. The highest BCUT2D eigenvalue weighted by Gasteiger charge is 2.50. The van der Waals surface area contributed by atoms with Gasteiger partial charge in [0, 0.05) is 12.7 Å². The molecule has 24 heavy (non-hydrogen) atoms. The average molecular weight is 334 g/mol. The summed E-state index contributed by atoms with van der Waals surface area (Å²) in [5, 5.41) is 5.01. The molecule has 128 valence electrons. The molecular weight excluding hydrogens is 316 g/mol. The summed E-state index contributed by atoms with van der Waals surface area (Å²) in [4.78, 5) is 52.3. The number of nitrogens with zero attached hydrogens (tertiary/aromatic N) is 2. The van der Waals surface area contributed by atoms with Crippen LogP contribution in [0.2, 0.25) is 0 Å². The molecule has 0 aliphatic carbocycles. The Kier molecular flexibility index (Phi) is 5.12. The van der Waals surface area contributed by atoms with Crippen LogP contribution in [0.5, 0.6) is 0 Å².